The Hall–Kier alpha value is -3.97. The SMILES string of the molecule is CC12ON(C(=O)N/C=C/c3ccc([N+](=O)[O-])cc3)C(C)(c3ccccc31)c1ccccc12. The second kappa shape index (κ2) is 7.03. The summed E-state index contributed by atoms with van der Waals surface area (Å²) in [5.41, 5.74) is 3.32. The first-order valence-electron chi connectivity index (χ1n) is 10.3. The lowest BCUT2D eigenvalue weighted by Crippen LogP contribution is -2.63. The monoisotopic (exact) mass is 427 g/mol. The average molecular weight is 427 g/mol. The molecule has 160 valence electrons. The standard InChI is InChI=1S/C25H21N3O4/c1-24-19-7-3-5-9-21(19)25(2,22-10-6-4-8-20(22)24)32-27(24)23(29)26-16-15-17-11-13-18(14-12-17)28(30)31/h3-16H,1-2H3,(H,26,29)/b16-15+. The molecule has 0 saturated carbocycles. The highest BCUT2D eigenvalue weighted by molar-refractivity contribution is 5.79. The Morgan fingerprint density at radius 3 is 2.00 bits per heavy atom. The maximum Gasteiger partial charge on any atom is 0.346 e. The molecule has 3 aliphatic rings. The van der Waals surface area contributed by atoms with Crippen LogP contribution in [0.15, 0.2) is 79.0 Å². The summed E-state index contributed by atoms with van der Waals surface area (Å²) in [6.07, 6.45) is 3.19. The Morgan fingerprint density at radius 1 is 0.938 bits per heavy atom. The molecule has 32 heavy (non-hydrogen) atoms. The molecule has 7 nitrogen and oxygen atoms in total. The highest BCUT2D eigenvalue weighted by Gasteiger charge is 2.58. The van der Waals surface area contributed by atoms with Crippen LogP contribution in [-0.2, 0) is 16.0 Å². The number of rotatable bonds is 3. The van der Waals surface area contributed by atoms with Crippen molar-refractivity contribution in [1.82, 2.24) is 10.4 Å². The Bertz CT molecular complexity index is 1220. The quantitative estimate of drug-likeness (QED) is 0.468. The van der Waals surface area contributed by atoms with Crippen LogP contribution < -0.4 is 5.32 Å². The number of fused-ring (bicyclic) bond motifs is 1. The Balaban J connectivity index is 1.46. The molecule has 3 aromatic rings. The summed E-state index contributed by atoms with van der Waals surface area (Å²) >= 11 is 0. The van der Waals surface area contributed by atoms with Crippen molar-refractivity contribution in [1.29, 1.82) is 0 Å². The Kier molecular flexibility index (Phi) is 4.39. The number of benzene rings is 3. The number of non-ortho nitro benzene ring substituents is 1. The molecule has 3 aromatic carbocycles. The summed E-state index contributed by atoms with van der Waals surface area (Å²) < 4.78 is 0. The molecule has 1 aliphatic carbocycles. The van der Waals surface area contributed by atoms with Gasteiger partial charge in [0.1, 0.15) is 11.1 Å². The first-order chi connectivity index (χ1) is 15.4. The second-order valence-electron chi connectivity index (χ2n) is 8.21. The van der Waals surface area contributed by atoms with E-state index in [4.69, 9.17) is 4.84 Å². The predicted octanol–water partition coefficient (Wildman–Crippen LogP) is 5.06. The van der Waals surface area contributed by atoms with Crippen molar-refractivity contribution < 1.29 is 14.6 Å². The topological polar surface area (TPSA) is 84.7 Å². The summed E-state index contributed by atoms with van der Waals surface area (Å²) in [5.74, 6) is 0. The van der Waals surface area contributed by atoms with E-state index in [2.05, 4.69) is 5.32 Å². The Morgan fingerprint density at radius 2 is 1.47 bits per heavy atom. The predicted molar refractivity (Wildman–Crippen MR) is 119 cm³/mol. The minimum Gasteiger partial charge on any atom is -0.313 e. The minimum absolute atomic E-state index is 0.0161. The van der Waals surface area contributed by atoms with Crippen molar-refractivity contribution in [2.75, 3.05) is 0 Å². The van der Waals surface area contributed by atoms with E-state index in [-0.39, 0.29) is 5.69 Å². The molecular weight excluding hydrogens is 406 g/mol. The number of hydrogen-bond donors (Lipinski definition) is 1. The van der Waals surface area contributed by atoms with Crippen molar-refractivity contribution in [3.05, 3.63) is 117 Å². The number of nitrogens with zero attached hydrogens (tertiary/aromatic N) is 2. The number of carbonyl (C=O) groups is 1. The van der Waals surface area contributed by atoms with E-state index in [0.29, 0.717) is 0 Å². The van der Waals surface area contributed by atoms with E-state index in [1.54, 1.807) is 18.2 Å². The van der Waals surface area contributed by atoms with E-state index in [9.17, 15) is 14.9 Å². The van der Waals surface area contributed by atoms with Crippen LogP contribution in [0.3, 0.4) is 0 Å². The van der Waals surface area contributed by atoms with Crippen molar-refractivity contribution in [2.45, 2.75) is 25.0 Å². The minimum atomic E-state index is -0.795. The van der Waals surface area contributed by atoms with Crippen LogP contribution in [-0.4, -0.2) is 16.0 Å². The summed E-state index contributed by atoms with van der Waals surface area (Å²) in [4.78, 5) is 29.9. The third kappa shape index (κ3) is 2.75. The van der Waals surface area contributed by atoms with Gasteiger partial charge in [0.25, 0.3) is 5.69 Å². The maximum atomic E-state index is 13.2. The van der Waals surface area contributed by atoms with E-state index in [1.807, 2.05) is 62.4 Å². The van der Waals surface area contributed by atoms with Crippen molar-refractivity contribution in [3.8, 4) is 0 Å². The van der Waals surface area contributed by atoms with Gasteiger partial charge in [-0.15, -0.1) is 0 Å². The zero-order valence-corrected chi connectivity index (χ0v) is 17.6. The number of urea groups is 1. The van der Waals surface area contributed by atoms with Gasteiger partial charge in [0, 0.05) is 18.3 Å². The van der Waals surface area contributed by atoms with E-state index < -0.39 is 22.1 Å². The van der Waals surface area contributed by atoms with Gasteiger partial charge in [0.2, 0.25) is 0 Å². The van der Waals surface area contributed by atoms with E-state index in [1.165, 1.54) is 23.4 Å². The van der Waals surface area contributed by atoms with Crippen LogP contribution in [0.2, 0.25) is 0 Å². The highest BCUT2D eigenvalue weighted by Crippen LogP contribution is 2.57. The number of carbonyl (C=O) groups excluding carboxylic acids is 1. The molecule has 0 radical (unpaired) electrons. The molecule has 0 saturated heterocycles. The Labute approximate surface area is 185 Å². The van der Waals surface area contributed by atoms with E-state index in [0.717, 1.165) is 27.8 Å². The van der Waals surface area contributed by atoms with Gasteiger partial charge in [-0.3, -0.25) is 15.0 Å². The number of amides is 2. The van der Waals surface area contributed by atoms with Gasteiger partial charge in [-0.05, 0) is 59.9 Å². The zero-order valence-electron chi connectivity index (χ0n) is 17.6. The first-order valence-corrected chi connectivity index (χ1v) is 10.3. The maximum absolute atomic E-state index is 13.2. The second-order valence-corrected chi connectivity index (χ2v) is 8.21. The first kappa shape index (κ1) is 20.0. The van der Waals surface area contributed by atoms with Gasteiger partial charge >= 0.3 is 6.03 Å². The largest absolute Gasteiger partial charge is 0.346 e. The van der Waals surface area contributed by atoms with Crippen LogP contribution >= 0.6 is 0 Å². The van der Waals surface area contributed by atoms with Crippen molar-refractivity contribution >= 4 is 17.8 Å². The fourth-order valence-corrected chi connectivity index (χ4v) is 4.75. The highest BCUT2D eigenvalue weighted by atomic mass is 16.7. The van der Waals surface area contributed by atoms with E-state index >= 15 is 0 Å². The van der Waals surface area contributed by atoms with Crippen molar-refractivity contribution in [2.24, 2.45) is 0 Å². The summed E-state index contributed by atoms with van der Waals surface area (Å²) in [5, 5.41) is 15.0. The van der Waals surface area contributed by atoms with Crippen LogP contribution in [0.5, 0.6) is 0 Å². The van der Waals surface area contributed by atoms with Gasteiger partial charge in [0.15, 0.2) is 0 Å². The van der Waals surface area contributed by atoms with Gasteiger partial charge < -0.3 is 5.32 Å². The number of hydrogen-bond acceptors (Lipinski definition) is 4. The van der Waals surface area contributed by atoms with Crippen molar-refractivity contribution in [3.63, 3.8) is 0 Å². The molecule has 2 aliphatic heterocycles. The number of nitro benzene ring substituents is 1. The fourth-order valence-electron chi connectivity index (χ4n) is 4.75. The molecule has 0 spiro atoms. The normalized spacial score (nSPS) is 23.0. The zero-order chi connectivity index (χ0) is 22.5. The van der Waals surface area contributed by atoms with Crippen LogP contribution in [0, 0.1) is 10.1 Å². The molecule has 0 unspecified atom stereocenters. The molecule has 2 amide bonds. The molecule has 2 bridgehead atoms. The lowest BCUT2D eigenvalue weighted by molar-refractivity contribution is -0.384. The number of hydroxylamine groups is 2. The molecule has 0 fully saturated rings. The molecular formula is C25H21N3O4. The molecule has 6 rings (SSSR count). The molecule has 0 aromatic heterocycles. The molecule has 2 heterocycles. The smallest absolute Gasteiger partial charge is 0.313 e. The van der Waals surface area contributed by atoms with Gasteiger partial charge in [-0.1, -0.05) is 48.5 Å². The summed E-state index contributed by atoms with van der Waals surface area (Å²) in [6.45, 7) is 3.97. The number of nitrogens with one attached hydrogen (secondary N) is 1. The summed E-state index contributed by atoms with van der Waals surface area (Å²) in [7, 11) is 0. The molecule has 0 atom stereocenters. The third-order valence-corrected chi connectivity index (χ3v) is 6.38. The van der Waals surface area contributed by atoms with Crippen LogP contribution in [0.25, 0.3) is 6.08 Å². The van der Waals surface area contributed by atoms with Crippen LogP contribution in [0.1, 0.15) is 41.7 Å². The van der Waals surface area contributed by atoms with Gasteiger partial charge in [0.05, 0.1) is 4.92 Å². The van der Waals surface area contributed by atoms with Gasteiger partial charge in [-0.2, -0.15) is 5.06 Å². The lowest BCUT2D eigenvalue weighted by Gasteiger charge is -2.57. The summed E-state index contributed by atoms with van der Waals surface area (Å²) in [6, 6.07) is 21.8. The van der Waals surface area contributed by atoms with Crippen LogP contribution in [0.4, 0.5) is 10.5 Å². The third-order valence-electron chi connectivity index (χ3n) is 6.38. The van der Waals surface area contributed by atoms with Gasteiger partial charge in [-0.25, -0.2) is 4.79 Å². The molecule has 1 N–H and O–H groups in total. The molecule has 7 heteroatoms. The lowest BCUT2D eigenvalue weighted by atomic mass is 9.65. The fraction of sp³-hybridized carbons (Fsp3) is 0.160. The average Bonchev–Trinajstić information content (AvgIpc) is 2.81. The number of nitro groups is 1.